The normalized spacial score (nSPS) is 17.5. The van der Waals surface area contributed by atoms with Crippen molar-refractivity contribution in [3.63, 3.8) is 0 Å². The molecule has 0 aromatic heterocycles. The van der Waals surface area contributed by atoms with E-state index in [1.807, 2.05) is 36.2 Å². The van der Waals surface area contributed by atoms with Gasteiger partial charge in [-0.1, -0.05) is 12.7 Å². The van der Waals surface area contributed by atoms with Crippen LogP contribution in [0, 0.1) is 5.92 Å². The maximum absolute atomic E-state index is 12.5. The average molecular weight is 325 g/mol. The van der Waals surface area contributed by atoms with Crippen molar-refractivity contribution in [3.8, 4) is 5.75 Å². The van der Waals surface area contributed by atoms with E-state index in [4.69, 9.17) is 4.74 Å². The van der Waals surface area contributed by atoms with Crippen LogP contribution in [0.25, 0.3) is 0 Å². The van der Waals surface area contributed by atoms with Gasteiger partial charge in [-0.25, -0.2) is 0 Å². The van der Waals surface area contributed by atoms with Crippen LogP contribution in [0.15, 0.2) is 36.9 Å². The minimum Gasteiger partial charge on any atom is -0.490 e. The molecule has 1 unspecified atom stereocenters. The molecule has 1 aromatic carbocycles. The van der Waals surface area contributed by atoms with Gasteiger partial charge >= 0.3 is 0 Å². The van der Waals surface area contributed by atoms with E-state index in [2.05, 4.69) is 11.9 Å². The van der Waals surface area contributed by atoms with Gasteiger partial charge in [0, 0.05) is 18.7 Å². The minimum atomic E-state index is 0. The van der Waals surface area contributed by atoms with E-state index in [-0.39, 0.29) is 18.3 Å². The molecule has 0 radical (unpaired) electrons. The second kappa shape index (κ2) is 9.49. The molecule has 1 amide bonds. The lowest BCUT2D eigenvalue weighted by atomic mass is 9.97. The molecule has 1 aliphatic rings. The van der Waals surface area contributed by atoms with Crippen molar-refractivity contribution in [1.29, 1.82) is 0 Å². The number of carbonyl (C=O) groups is 1. The molecule has 1 atom stereocenters. The summed E-state index contributed by atoms with van der Waals surface area (Å²) in [6, 6.07) is 7.35. The summed E-state index contributed by atoms with van der Waals surface area (Å²) >= 11 is 0. The molecular formula is C17H25ClN2O2. The van der Waals surface area contributed by atoms with E-state index in [1.165, 1.54) is 6.42 Å². The fourth-order valence-electron chi connectivity index (χ4n) is 2.74. The van der Waals surface area contributed by atoms with Crippen molar-refractivity contribution in [2.45, 2.75) is 12.8 Å². The van der Waals surface area contributed by atoms with Crippen LogP contribution in [0.4, 0.5) is 0 Å². The third-order valence-corrected chi connectivity index (χ3v) is 3.77. The number of halogens is 1. The second-order valence-corrected chi connectivity index (χ2v) is 5.44. The zero-order chi connectivity index (χ0) is 15.1. The first-order chi connectivity index (χ1) is 10.2. The number of piperidine rings is 1. The summed E-state index contributed by atoms with van der Waals surface area (Å²) in [6.45, 7) is 6.76. The van der Waals surface area contributed by atoms with Crippen molar-refractivity contribution in [2.24, 2.45) is 5.92 Å². The van der Waals surface area contributed by atoms with E-state index in [0.717, 1.165) is 37.4 Å². The summed E-state index contributed by atoms with van der Waals surface area (Å²) in [7, 11) is 1.96. The molecule has 0 saturated carbocycles. The van der Waals surface area contributed by atoms with E-state index in [9.17, 15) is 4.79 Å². The summed E-state index contributed by atoms with van der Waals surface area (Å²) in [5.41, 5.74) is 0.728. The van der Waals surface area contributed by atoms with Crippen LogP contribution in [0.3, 0.4) is 0 Å². The molecule has 1 fully saturated rings. The molecule has 1 saturated heterocycles. The molecule has 122 valence electrons. The molecule has 1 aliphatic heterocycles. The van der Waals surface area contributed by atoms with Gasteiger partial charge in [-0.15, -0.1) is 12.4 Å². The Hall–Kier alpha value is -1.52. The highest BCUT2D eigenvalue weighted by atomic mass is 35.5. The third-order valence-electron chi connectivity index (χ3n) is 3.77. The number of hydrogen-bond donors (Lipinski definition) is 1. The van der Waals surface area contributed by atoms with Gasteiger partial charge < -0.3 is 15.0 Å². The number of nitrogens with zero attached hydrogens (tertiary/aromatic N) is 1. The second-order valence-electron chi connectivity index (χ2n) is 5.44. The predicted octanol–water partition coefficient (Wildman–Crippen LogP) is 2.74. The molecule has 0 spiro atoms. The summed E-state index contributed by atoms with van der Waals surface area (Å²) in [5.74, 6) is 1.44. The molecule has 1 N–H and O–H groups in total. The molecular weight excluding hydrogens is 300 g/mol. The topological polar surface area (TPSA) is 41.6 Å². The fraction of sp³-hybridized carbons (Fsp3) is 0.471. The monoisotopic (exact) mass is 324 g/mol. The van der Waals surface area contributed by atoms with Crippen molar-refractivity contribution in [2.75, 3.05) is 33.3 Å². The number of hydrogen-bond acceptors (Lipinski definition) is 3. The van der Waals surface area contributed by atoms with Crippen LogP contribution in [0.2, 0.25) is 0 Å². The van der Waals surface area contributed by atoms with Crippen molar-refractivity contribution >= 4 is 18.3 Å². The molecule has 1 heterocycles. The summed E-state index contributed by atoms with van der Waals surface area (Å²) in [5, 5.41) is 3.20. The van der Waals surface area contributed by atoms with E-state index >= 15 is 0 Å². The Morgan fingerprint density at radius 3 is 2.82 bits per heavy atom. The lowest BCUT2D eigenvalue weighted by molar-refractivity contribution is 0.0674. The first-order valence-electron chi connectivity index (χ1n) is 7.52. The van der Waals surface area contributed by atoms with Crippen molar-refractivity contribution in [1.82, 2.24) is 10.2 Å². The first-order valence-corrected chi connectivity index (χ1v) is 7.52. The lowest BCUT2D eigenvalue weighted by Gasteiger charge is -2.32. The van der Waals surface area contributed by atoms with Gasteiger partial charge in [0.05, 0.1) is 0 Å². The minimum absolute atomic E-state index is 0. The number of nitrogens with one attached hydrogen (secondary N) is 1. The highest BCUT2D eigenvalue weighted by Gasteiger charge is 2.23. The van der Waals surface area contributed by atoms with Gasteiger partial charge in [0.25, 0.3) is 5.91 Å². The standard InChI is InChI=1S/C17H24N2O2.ClH/c1-3-11-21-16-8-6-15(7-9-16)17(20)19-10-4-5-14(13-19)12-18-2;/h3,6-9,14,18H,1,4-5,10-13H2,2H3;1H. The van der Waals surface area contributed by atoms with Gasteiger partial charge in [-0.05, 0) is 56.6 Å². The third kappa shape index (κ3) is 5.04. The van der Waals surface area contributed by atoms with Crippen LogP contribution in [0.5, 0.6) is 5.75 Å². The maximum atomic E-state index is 12.5. The Morgan fingerprint density at radius 2 is 2.18 bits per heavy atom. The Labute approximate surface area is 138 Å². The van der Waals surface area contributed by atoms with Crippen LogP contribution < -0.4 is 10.1 Å². The highest BCUT2D eigenvalue weighted by molar-refractivity contribution is 5.94. The molecule has 0 bridgehead atoms. The number of likely N-dealkylation sites (tertiary alicyclic amines) is 1. The van der Waals surface area contributed by atoms with Crippen molar-refractivity contribution < 1.29 is 9.53 Å². The first kappa shape index (κ1) is 18.5. The molecule has 0 aliphatic carbocycles. The number of benzene rings is 1. The Bertz CT molecular complexity index is 474. The van der Waals surface area contributed by atoms with Gasteiger partial charge in [-0.3, -0.25) is 4.79 Å². The number of ether oxygens (including phenoxy) is 1. The van der Waals surface area contributed by atoms with E-state index in [1.54, 1.807) is 6.08 Å². The Kier molecular flexibility index (Phi) is 7.99. The summed E-state index contributed by atoms with van der Waals surface area (Å²) in [4.78, 5) is 14.5. The molecule has 4 nitrogen and oxygen atoms in total. The molecule has 22 heavy (non-hydrogen) atoms. The van der Waals surface area contributed by atoms with Gasteiger partial charge in [0.1, 0.15) is 12.4 Å². The van der Waals surface area contributed by atoms with Crippen LogP contribution in [-0.4, -0.2) is 44.1 Å². The summed E-state index contributed by atoms with van der Waals surface area (Å²) < 4.78 is 5.43. The summed E-state index contributed by atoms with van der Waals surface area (Å²) in [6.07, 6.45) is 3.98. The number of amides is 1. The Balaban J connectivity index is 0.00000242. The highest BCUT2D eigenvalue weighted by Crippen LogP contribution is 2.19. The van der Waals surface area contributed by atoms with Gasteiger partial charge in [-0.2, -0.15) is 0 Å². The van der Waals surface area contributed by atoms with Crippen molar-refractivity contribution in [3.05, 3.63) is 42.5 Å². The van der Waals surface area contributed by atoms with Crippen LogP contribution >= 0.6 is 12.4 Å². The number of carbonyl (C=O) groups excluding carboxylic acids is 1. The van der Waals surface area contributed by atoms with E-state index in [0.29, 0.717) is 12.5 Å². The van der Waals surface area contributed by atoms with Gasteiger partial charge in [0.2, 0.25) is 0 Å². The quantitative estimate of drug-likeness (QED) is 0.818. The molecule has 1 aromatic rings. The largest absolute Gasteiger partial charge is 0.490 e. The molecule has 2 rings (SSSR count). The van der Waals surface area contributed by atoms with Crippen LogP contribution in [0.1, 0.15) is 23.2 Å². The predicted molar refractivity (Wildman–Crippen MR) is 91.9 cm³/mol. The number of rotatable bonds is 6. The lowest BCUT2D eigenvalue weighted by Crippen LogP contribution is -2.42. The maximum Gasteiger partial charge on any atom is 0.253 e. The zero-order valence-corrected chi connectivity index (χ0v) is 13.9. The average Bonchev–Trinajstić information content (AvgIpc) is 2.53. The fourth-order valence-corrected chi connectivity index (χ4v) is 2.74. The molecule has 5 heteroatoms. The van der Waals surface area contributed by atoms with E-state index < -0.39 is 0 Å². The van der Waals surface area contributed by atoms with Gasteiger partial charge in [0.15, 0.2) is 0 Å². The Morgan fingerprint density at radius 1 is 1.45 bits per heavy atom. The van der Waals surface area contributed by atoms with Crippen LogP contribution in [-0.2, 0) is 0 Å². The zero-order valence-electron chi connectivity index (χ0n) is 13.1. The smallest absolute Gasteiger partial charge is 0.253 e. The SMILES string of the molecule is C=CCOc1ccc(C(=O)N2CCCC(CNC)C2)cc1.Cl.